The van der Waals surface area contributed by atoms with Crippen LogP contribution in [-0.4, -0.2) is 0 Å². The van der Waals surface area contributed by atoms with Gasteiger partial charge >= 0.3 is 0 Å². The lowest BCUT2D eigenvalue weighted by Gasteiger charge is -2.17. The Labute approximate surface area is 469 Å². The van der Waals surface area contributed by atoms with Crippen LogP contribution in [0.3, 0.4) is 0 Å². The van der Waals surface area contributed by atoms with Gasteiger partial charge in [-0.1, -0.05) is 267 Å². The molecule has 14 aromatic rings. The maximum absolute atomic E-state index is 2.37. The van der Waals surface area contributed by atoms with Crippen molar-refractivity contribution < 1.29 is 0 Å². The molecule has 0 heteroatoms. The highest BCUT2D eigenvalue weighted by Gasteiger charge is 2.18. The van der Waals surface area contributed by atoms with E-state index in [-0.39, 0.29) is 0 Å². The SMILES string of the molecule is Cc1cc(-c2ccc(-c3ccc(-c4ccc(-c5ccc(-c6ccccc6-c6cc7ccccc7c7ccccc67)cc5C)c(C)c4)cc3)cc2)ccc1-c1ccc(-c2ccccc2-c2cc3ccccc3c3ccccc23)cc1C. The summed E-state index contributed by atoms with van der Waals surface area (Å²) in [6.45, 7) is 8.98. The molecular formula is C80H58. The van der Waals surface area contributed by atoms with E-state index < -0.39 is 0 Å². The molecule has 0 bridgehead atoms. The number of rotatable bonds is 9. The Bertz CT molecular complexity index is 4420. The van der Waals surface area contributed by atoms with Gasteiger partial charge in [0.25, 0.3) is 0 Å². The molecule has 378 valence electrons. The first-order valence-corrected chi connectivity index (χ1v) is 28.0. The summed E-state index contributed by atoms with van der Waals surface area (Å²) in [6.07, 6.45) is 0. The Morgan fingerprint density at radius 1 is 0.150 bits per heavy atom. The molecule has 0 saturated heterocycles. The molecule has 0 saturated carbocycles. The highest BCUT2D eigenvalue weighted by Crippen LogP contribution is 2.44. The molecule has 0 aliphatic heterocycles. The average Bonchev–Trinajstić information content (AvgIpc) is 3.62. The minimum absolute atomic E-state index is 1.21. The van der Waals surface area contributed by atoms with Crippen molar-refractivity contribution in [2.24, 2.45) is 0 Å². The average molecular weight is 1020 g/mol. The summed E-state index contributed by atoms with van der Waals surface area (Å²) in [4.78, 5) is 0. The Morgan fingerprint density at radius 2 is 0.400 bits per heavy atom. The normalized spacial score (nSPS) is 11.5. The fourth-order valence-corrected chi connectivity index (χ4v) is 12.8. The molecule has 0 atom stereocenters. The molecule has 0 spiro atoms. The van der Waals surface area contributed by atoms with Crippen LogP contribution in [0.4, 0.5) is 0 Å². The van der Waals surface area contributed by atoms with E-state index in [0.717, 1.165) is 0 Å². The van der Waals surface area contributed by atoms with Crippen LogP contribution in [0.2, 0.25) is 0 Å². The summed E-state index contributed by atoms with van der Waals surface area (Å²) < 4.78 is 0. The smallest absolute Gasteiger partial charge is 0.00928 e. The summed E-state index contributed by atoms with van der Waals surface area (Å²) in [6, 6.07) is 103. The quantitative estimate of drug-likeness (QED) is 0.126. The van der Waals surface area contributed by atoms with Crippen LogP contribution in [0.1, 0.15) is 22.3 Å². The second-order valence-corrected chi connectivity index (χ2v) is 21.7. The van der Waals surface area contributed by atoms with Gasteiger partial charge in [0.15, 0.2) is 0 Å². The van der Waals surface area contributed by atoms with E-state index in [0.29, 0.717) is 0 Å². The lowest BCUT2D eigenvalue weighted by Crippen LogP contribution is -1.92. The molecule has 14 aromatic carbocycles. The minimum atomic E-state index is 1.21. The van der Waals surface area contributed by atoms with Crippen molar-refractivity contribution in [1.29, 1.82) is 0 Å². The van der Waals surface area contributed by atoms with E-state index in [1.807, 2.05) is 0 Å². The van der Waals surface area contributed by atoms with Gasteiger partial charge in [-0.3, -0.25) is 0 Å². The zero-order valence-corrected chi connectivity index (χ0v) is 45.6. The van der Waals surface area contributed by atoms with Crippen LogP contribution in [0.15, 0.2) is 279 Å². The molecule has 0 fully saturated rings. The van der Waals surface area contributed by atoms with Crippen molar-refractivity contribution in [2.75, 3.05) is 0 Å². The largest absolute Gasteiger partial charge is 0.0616 e. The van der Waals surface area contributed by atoms with Gasteiger partial charge in [0.05, 0.1) is 0 Å². The van der Waals surface area contributed by atoms with Crippen LogP contribution < -0.4 is 0 Å². The molecule has 0 amide bonds. The number of hydrogen-bond donors (Lipinski definition) is 0. The van der Waals surface area contributed by atoms with Gasteiger partial charge in [0, 0.05) is 0 Å². The molecule has 0 N–H and O–H groups in total. The summed E-state index contributed by atoms with van der Waals surface area (Å²) >= 11 is 0. The predicted octanol–water partition coefficient (Wildman–Crippen LogP) is 22.5. The first-order chi connectivity index (χ1) is 39.3. The first-order valence-electron chi connectivity index (χ1n) is 28.0. The van der Waals surface area contributed by atoms with Crippen LogP contribution >= 0.6 is 0 Å². The van der Waals surface area contributed by atoms with E-state index in [4.69, 9.17) is 0 Å². The van der Waals surface area contributed by atoms with Crippen molar-refractivity contribution in [1.82, 2.24) is 0 Å². The van der Waals surface area contributed by atoms with Crippen LogP contribution in [-0.2, 0) is 0 Å². The Balaban J connectivity index is 0.674. The first kappa shape index (κ1) is 48.5. The molecule has 80 heavy (non-hydrogen) atoms. The van der Waals surface area contributed by atoms with Crippen LogP contribution in [0.25, 0.3) is 143 Å². The van der Waals surface area contributed by atoms with E-state index >= 15 is 0 Å². The van der Waals surface area contributed by atoms with Gasteiger partial charge in [-0.2, -0.15) is 0 Å². The van der Waals surface area contributed by atoms with Gasteiger partial charge in [-0.15, -0.1) is 0 Å². The minimum Gasteiger partial charge on any atom is -0.0616 e. The summed E-state index contributed by atoms with van der Waals surface area (Å²) in [5.74, 6) is 0. The maximum atomic E-state index is 2.37. The third-order valence-electron chi connectivity index (χ3n) is 16.8. The number of fused-ring (bicyclic) bond motifs is 6. The van der Waals surface area contributed by atoms with E-state index in [2.05, 4.69) is 307 Å². The van der Waals surface area contributed by atoms with Crippen LogP contribution in [0.5, 0.6) is 0 Å². The van der Waals surface area contributed by atoms with Gasteiger partial charge < -0.3 is 0 Å². The standard InChI is InChI=1S/C80H58/c1-51-45-59(37-41-65(51)67-43-39-63(47-53(67)3)71-21-9-11-25-75(71)79-49-61-17-5-7-19-69(61)73-23-13-15-27-77(73)79)57-33-29-55(30-34-57)56-31-35-58(36-32-56)60-38-42-66(52(2)46-60)68-44-40-64(48-54(68)4)72-22-10-12-26-76(72)80-50-62-18-6-8-20-70(62)74-24-14-16-28-78(74)80/h5-50H,1-4H3. The van der Waals surface area contributed by atoms with Gasteiger partial charge in [0.1, 0.15) is 0 Å². The number of aryl methyl sites for hydroxylation is 4. The topological polar surface area (TPSA) is 0 Å². The third-order valence-corrected chi connectivity index (χ3v) is 16.8. The van der Waals surface area contributed by atoms with Crippen molar-refractivity contribution >= 4 is 43.1 Å². The molecule has 0 radical (unpaired) electrons. The van der Waals surface area contributed by atoms with Crippen LogP contribution in [0, 0.1) is 27.7 Å². The maximum Gasteiger partial charge on any atom is -0.00928 e. The fraction of sp³-hybridized carbons (Fsp3) is 0.0500. The van der Waals surface area contributed by atoms with Gasteiger partial charge in [-0.25, -0.2) is 0 Å². The molecule has 0 heterocycles. The molecular weight excluding hydrogens is 961 g/mol. The lowest BCUT2D eigenvalue weighted by molar-refractivity contribution is 1.40. The van der Waals surface area contributed by atoms with Gasteiger partial charge in [0.2, 0.25) is 0 Å². The van der Waals surface area contributed by atoms with Crippen molar-refractivity contribution in [3.8, 4) is 100 Å². The van der Waals surface area contributed by atoms with Crippen molar-refractivity contribution in [2.45, 2.75) is 27.7 Å². The lowest BCUT2D eigenvalue weighted by atomic mass is 9.87. The monoisotopic (exact) mass is 1020 g/mol. The number of hydrogen-bond acceptors (Lipinski definition) is 0. The summed E-state index contributed by atoms with van der Waals surface area (Å²) in [5, 5.41) is 10.2. The fourth-order valence-electron chi connectivity index (χ4n) is 12.8. The zero-order chi connectivity index (χ0) is 53.8. The predicted molar refractivity (Wildman–Crippen MR) is 344 cm³/mol. The Hall–Kier alpha value is -9.88. The summed E-state index contributed by atoms with van der Waals surface area (Å²) in [5.41, 5.74) is 27.4. The molecule has 0 aromatic heterocycles. The second kappa shape index (κ2) is 20.2. The Morgan fingerprint density at radius 3 is 0.750 bits per heavy atom. The molecule has 0 aliphatic rings. The van der Waals surface area contributed by atoms with Gasteiger partial charge in [-0.05, 0) is 205 Å². The third kappa shape index (κ3) is 8.67. The zero-order valence-electron chi connectivity index (χ0n) is 45.6. The van der Waals surface area contributed by atoms with Crippen molar-refractivity contribution in [3.63, 3.8) is 0 Å². The van der Waals surface area contributed by atoms with E-state index in [1.165, 1.54) is 165 Å². The van der Waals surface area contributed by atoms with Crippen molar-refractivity contribution in [3.05, 3.63) is 301 Å². The van der Waals surface area contributed by atoms with E-state index in [1.54, 1.807) is 0 Å². The van der Waals surface area contributed by atoms with E-state index in [9.17, 15) is 0 Å². The summed E-state index contributed by atoms with van der Waals surface area (Å²) in [7, 11) is 0. The second-order valence-electron chi connectivity index (χ2n) is 21.7. The molecule has 0 unspecified atom stereocenters. The highest BCUT2D eigenvalue weighted by atomic mass is 14.2. The molecule has 14 rings (SSSR count). The molecule has 0 aliphatic carbocycles. The molecule has 0 nitrogen and oxygen atoms in total. The Kier molecular flexibility index (Phi) is 12.2. The number of benzene rings is 14. The highest BCUT2D eigenvalue weighted by molar-refractivity contribution is 6.16.